The summed E-state index contributed by atoms with van der Waals surface area (Å²) in [6.07, 6.45) is 15.6. The predicted molar refractivity (Wildman–Crippen MR) is 201 cm³/mol. The molecule has 0 unspecified atom stereocenters. The van der Waals surface area contributed by atoms with Crippen molar-refractivity contribution in [2.75, 3.05) is 63.0 Å². The molecule has 264 valence electrons. The number of hydrogen-bond acceptors (Lipinski definition) is 4. The van der Waals surface area contributed by atoms with Crippen molar-refractivity contribution in [2.24, 2.45) is 0 Å². The summed E-state index contributed by atoms with van der Waals surface area (Å²) in [7, 11) is 0. The minimum absolute atomic E-state index is 0.164. The van der Waals surface area contributed by atoms with Crippen molar-refractivity contribution in [3.05, 3.63) is 59.7 Å². The number of benzene rings is 2. The Kier molecular flexibility index (Phi) is 22.1. The van der Waals surface area contributed by atoms with Crippen LogP contribution in [0.15, 0.2) is 48.5 Å². The van der Waals surface area contributed by atoms with Crippen LogP contribution in [0.5, 0.6) is 0 Å². The van der Waals surface area contributed by atoms with Gasteiger partial charge in [-0.3, -0.25) is 0 Å². The van der Waals surface area contributed by atoms with Gasteiger partial charge in [-0.25, -0.2) is 9.59 Å². The molecule has 0 radical (unpaired) electrons. The fraction of sp³-hybridized carbons (Fsp3) is 0.641. The molecule has 47 heavy (non-hydrogen) atoms. The fourth-order valence-corrected chi connectivity index (χ4v) is 5.67. The zero-order valence-corrected chi connectivity index (χ0v) is 30.2. The third kappa shape index (κ3) is 19.3. The molecule has 2 rings (SSSR count). The van der Waals surface area contributed by atoms with Gasteiger partial charge in [-0.2, -0.15) is 0 Å². The molecule has 4 amide bonds. The van der Waals surface area contributed by atoms with E-state index in [-0.39, 0.29) is 12.1 Å². The minimum Gasteiger partial charge on any atom is -0.337 e. The average Bonchev–Trinajstić information content (AvgIpc) is 3.06. The predicted octanol–water partition coefficient (Wildman–Crippen LogP) is 8.89. The van der Waals surface area contributed by atoms with Gasteiger partial charge in [-0.1, -0.05) is 103 Å². The van der Waals surface area contributed by atoms with E-state index in [2.05, 4.69) is 58.8 Å². The Morgan fingerprint density at radius 2 is 0.787 bits per heavy atom. The summed E-state index contributed by atoms with van der Waals surface area (Å²) in [4.78, 5) is 30.0. The molecular weight excluding hydrogens is 584 g/mol. The van der Waals surface area contributed by atoms with E-state index in [1.807, 2.05) is 48.5 Å². The lowest BCUT2D eigenvalue weighted by Gasteiger charge is -2.22. The van der Waals surface area contributed by atoms with Gasteiger partial charge in [0.05, 0.1) is 0 Å². The van der Waals surface area contributed by atoms with E-state index in [1.54, 1.807) is 0 Å². The number of carbonyl (C=O) groups excluding carboxylic acids is 2. The van der Waals surface area contributed by atoms with Gasteiger partial charge in [0.1, 0.15) is 0 Å². The lowest BCUT2D eigenvalue weighted by atomic mass is 10.0. The summed E-state index contributed by atoms with van der Waals surface area (Å²) in [5, 5.41) is 12.0. The number of unbranched alkanes of at least 4 members (excludes halogenated alkanes) is 8. The summed E-state index contributed by atoms with van der Waals surface area (Å²) in [5.41, 5.74) is 3.88. The van der Waals surface area contributed by atoms with E-state index in [0.717, 1.165) is 68.2 Å². The molecule has 0 saturated heterocycles. The van der Waals surface area contributed by atoms with Crippen LogP contribution in [0, 0.1) is 0 Å². The largest absolute Gasteiger partial charge is 0.337 e. The van der Waals surface area contributed by atoms with Gasteiger partial charge in [0, 0.05) is 37.6 Å². The highest BCUT2D eigenvalue weighted by Gasteiger charge is 2.09. The number of nitrogens with zero attached hydrogens (tertiary/aromatic N) is 2. The molecule has 0 aliphatic rings. The van der Waals surface area contributed by atoms with E-state index < -0.39 is 0 Å². The van der Waals surface area contributed by atoms with E-state index in [0.29, 0.717) is 13.1 Å². The zero-order chi connectivity index (χ0) is 34.0. The molecule has 0 bridgehead atoms. The number of urea groups is 2. The van der Waals surface area contributed by atoms with Gasteiger partial charge >= 0.3 is 12.1 Å². The van der Waals surface area contributed by atoms with E-state index in [4.69, 9.17) is 0 Å². The van der Waals surface area contributed by atoms with E-state index >= 15 is 0 Å². The molecule has 0 aliphatic heterocycles. The Hall–Kier alpha value is -3.10. The van der Waals surface area contributed by atoms with Crippen LogP contribution in [0.3, 0.4) is 0 Å². The highest BCUT2D eigenvalue weighted by atomic mass is 16.2. The van der Waals surface area contributed by atoms with Gasteiger partial charge < -0.3 is 31.1 Å². The van der Waals surface area contributed by atoms with Crippen LogP contribution in [0.1, 0.15) is 116 Å². The van der Waals surface area contributed by atoms with Crippen molar-refractivity contribution in [1.82, 2.24) is 20.4 Å². The molecule has 2 aromatic carbocycles. The van der Waals surface area contributed by atoms with E-state index in [9.17, 15) is 9.59 Å². The Labute approximate surface area is 286 Å². The number of hydrogen-bond donors (Lipinski definition) is 4. The Balaban J connectivity index is 1.72. The summed E-state index contributed by atoms with van der Waals surface area (Å²) in [6, 6.07) is 15.7. The first-order valence-corrected chi connectivity index (χ1v) is 18.7. The van der Waals surface area contributed by atoms with Crippen molar-refractivity contribution in [3.63, 3.8) is 0 Å². The first-order chi connectivity index (χ1) is 23.0. The zero-order valence-electron chi connectivity index (χ0n) is 30.2. The Bertz CT molecular complexity index is 970. The minimum atomic E-state index is -0.164. The van der Waals surface area contributed by atoms with Crippen LogP contribution in [0.25, 0.3) is 0 Å². The smallest absolute Gasteiger partial charge is 0.319 e. The maximum Gasteiger partial charge on any atom is 0.319 e. The van der Waals surface area contributed by atoms with Crippen LogP contribution < -0.4 is 21.3 Å². The molecule has 0 heterocycles. The summed E-state index contributed by atoms with van der Waals surface area (Å²) in [5.74, 6) is 0. The lowest BCUT2D eigenvalue weighted by molar-refractivity contribution is 0.241. The van der Waals surface area contributed by atoms with Crippen molar-refractivity contribution in [1.29, 1.82) is 0 Å². The molecule has 0 atom stereocenters. The molecule has 2 aromatic rings. The quantitative estimate of drug-likeness (QED) is 0.0766. The number of rotatable bonds is 26. The summed E-state index contributed by atoms with van der Waals surface area (Å²) in [6.45, 7) is 16.4. The second-order valence-electron chi connectivity index (χ2n) is 12.8. The van der Waals surface area contributed by atoms with Gasteiger partial charge in [-0.05, 0) is 93.7 Å². The van der Waals surface area contributed by atoms with Crippen LogP contribution in [0.4, 0.5) is 21.0 Å². The third-order valence-electron chi connectivity index (χ3n) is 8.57. The first kappa shape index (κ1) is 40.1. The molecular formula is C39H66N6O2. The van der Waals surface area contributed by atoms with Crippen molar-refractivity contribution < 1.29 is 9.59 Å². The SMILES string of the molecule is CCCCCN(CCCCC)CCNC(=O)Nc1ccc(Cc2ccc(NC(=O)NCCN(CCCCC)CCCCC)cc2)cc1. The van der Waals surface area contributed by atoms with Crippen molar-refractivity contribution >= 4 is 23.4 Å². The Morgan fingerprint density at radius 3 is 1.09 bits per heavy atom. The highest BCUT2D eigenvalue weighted by Crippen LogP contribution is 2.16. The molecule has 8 nitrogen and oxygen atoms in total. The molecule has 8 heteroatoms. The number of carbonyl (C=O) groups is 2. The maximum atomic E-state index is 12.5. The molecule has 0 aromatic heterocycles. The van der Waals surface area contributed by atoms with Gasteiger partial charge in [0.15, 0.2) is 0 Å². The lowest BCUT2D eigenvalue weighted by Crippen LogP contribution is -2.37. The standard InChI is InChI=1S/C39H66N6O2/c1-5-9-13-27-44(28-14-10-6-2)31-25-40-38(46)42-36-21-17-34(18-22-36)33-35-19-23-37(24-20-35)43-39(47)41-26-32-45(29-15-11-7-3)30-16-12-8-4/h17-24H,5-16,25-33H2,1-4H3,(H2,40,42,46)(H2,41,43,47). The molecule has 0 spiro atoms. The maximum absolute atomic E-state index is 12.5. The normalized spacial score (nSPS) is 11.2. The molecule has 4 N–H and O–H groups in total. The van der Waals surface area contributed by atoms with Gasteiger partial charge in [-0.15, -0.1) is 0 Å². The number of anilines is 2. The van der Waals surface area contributed by atoms with Crippen molar-refractivity contribution in [2.45, 2.75) is 111 Å². The van der Waals surface area contributed by atoms with Crippen LogP contribution in [-0.4, -0.2) is 74.2 Å². The summed E-state index contributed by atoms with van der Waals surface area (Å²) < 4.78 is 0. The third-order valence-corrected chi connectivity index (χ3v) is 8.57. The summed E-state index contributed by atoms with van der Waals surface area (Å²) >= 11 is 0. The van der Waals surface area contributed by atoms with Gasteiger partial charge in [0.2, 0.25) is 0 Å². The van der Waals surface area contributed by atoms with E-state index in [1.165, 1.54) is 77.0 Å². The Morgan fingerprint density at radius 1 is 0.468 bits per heavy atom. The second-order valence-corrected chi connectivity index (χ2v) is 12.8. The average molecular weight is 651 g/mol. The number of nitrogens with one attached hydrogen (secondary N) is 4. The van der Waals surface area contributed by atoms with Crippen LogP contribution >= 0.6 is 0 Å². The molecule has 0 aliphatic carbocycles. The number of amides is 4. The molecule has 0 saturated carbocycles. The topological polar surface area (TPSA) is 88.7 Å². The fourth-order valence-electron chi connectivity index (χ4n) is 5.67. The van der Waals surface area contributed by atoms with Crippen LogP contribution in [0.2, 0.25) is 0 Å². The van der Waals surface area contributed by atoms with Crippen LogP contribution in [-0.2, 0) is 6.42 Å². The van der Waals surface area contributed by atoms with Crippen molar-refractivity contribution in [3.8, 4) is 0 Å². The highest BCUT2D eigenvalue weighted by molar-refractivity contribution is 5.89. The molecule has 0 fully saturated rings. The van der Waals surface area contributed by atoms with Gasteiger partial charge in [0.25, 0.3) is 0 Å². The second kappa shape index (κ2) is 25.9. The first-order valence-electron chi connectivity index (χ1n) is 18.7. The monoisotopic (exact) mass is 651 g/mol.